The SMILES string of the molecule is CCCCC(CC)COCCC(OCC)C(=O)O. The van der Waals surface area contributed by atoms with Crippen LogP contribution in [0.15, 0.2) is 0 Å². The van der Waals surface area contributed by atoms with Crippen molar-refractivity contribution in [2.75, 3.05) is 19.8 Å². The standard InChI is InChI=1S/C14H28O4/c1-4-7-8-12(5-2)11-17-10-9-13(14(15)16)18-6-3/h12-13H,4-11H2,1-3H3,(H,15,16). The van der Waals surface area contributed by atoms with E-state index in [2.05, 4.69) is 13.8 Å². The Kier molecular flexibility index (Phi) is 11.1. The Labute approximate surface area is 111 Å². The molecule has 2 atom stereocenters. The first-order valence-corrected chi connectivity index (χ1v) is 7.07. The van der Waals surface area contributed by atoms with Crippen molar-refractivity contribution in [2.24, 2.45) is 5.92 Å². The van der Waals surface area contributed by atoms with Gasteiger partial charge in [-0.25, -0.2) is 4.79 Å². The first-order chi connectivity index (χ1) is 8.65. The van der Waals surface area contributed by atoms with Gasteiger partial charge in [0, 0.05) is 26.2 Å². The Hall–Kier alpha value is -0.610. The van der Waals surface area contributed by atoms with Crippen molar-refractivity contribution >= 4 is 5.97 Å². The molecule has 4 heteroatoms. The Morgan fingerprint density at radius 3 is 2.44 bits per heavy atom. The third kappa shape index (κ3) is 8.48. The largest absolute Gasteiger partial charge is 0.479 e. The van der Waals surface area contributed by atoms with Crippen LogP contribution >= 0.6 is 0 Å². The highest BCUT2D eigenvalue weighted by atomic mass is 16.5. The van der Waals surface area contributed by atoms with Gasteiger partial charge in [-0.15, -0.1) is 0 Å². The molecule has 0 saturated carbocycles. The summed E-state index contributed by atoms with van der Waals surface area (Å²) in [6.45, 7) is 7.77. The van der Waals surface area contributed by atoms with Crippen LogP contribution in [0.25, 0.3) is 0 Å². The van der Waals surface area contributed by atoms with Gasteiger partial charge in [0.05, 0.1) is 0 Å². The molecule has 0 rings (SSSR count). The van der Waals surface area contributed by atoms with Crippen molar-refractivity contribution in [1.82, 2.24) is 0 Å². The molecule has 0 aromatic rings. The second-order valence-electron chi connectivity index (χ2n) is 4.56. The molecule has 0 aromatic carbocycles. The summed E-state index contributed by atoms with van der Waals surface area (Å²) in [5, 5.41) is 8.89. The molecule has 0 aromatic heterocycles. The molecule has 0 aliphatic rings. The maximum atomic E-state index is 10.8. The van der Waals surface area contributed by atoms with Gasteiger partial charge in [0.25, 0.3) is 0 Å². The van der Waals surface area contributed by atoms with E-state index in [1.807, 2.05) is 0 Å². The molecule has 0 bridgehead atoms. The molecule has 0 spiro atoms. The van der Waals surface area contributed by atoms with Gasteiger partial charge in [-0.2, -0.15) is 0 Å². The van der Waals surface area contributed by atoms with Gasteiger partial charge in [0.15, 0.2) is 6.10 Å². The molecule has 108 valence electrons. The van der Waals surface area contributed by atoms with Crippen LogP contribution in [-0.4, -0.2) is 37.0 Å². The first kappa shape index (κ1) is 17.4. The smallest absolute Gasteiger partial charge is 0.332 e. The minimum Gasteiger partial charge on any atom is -0.479 e. The van der Waals surface area contributed by atoms with Gasteiger partial charge in [-0.1, -0.05) is 33.1 Å². The second kappa shape index (κ2) is 11.5. The summed E-state index contributed by atoms with van der Waals surface area (Å²) in [5.74, 6) is -0.307. The highest BCUT2D eigenvalue weighted by molar-refractivity contribution is 5.72. The number of aliphatic carboxylic acids is 1. The minimum atomic E-state index is -0.904. The van der Waals surface area contributed by atoms with Crippen LogP contribution in [0.3, 0.4) is 0 Å². The van der Waals surface area contributed by atoms with Crippen molar-refractivity contribution in [1.29, 1.82) is 0 Å². The fraction of sp³-hybridized carbons (Fsp3) is 0.929. The van der Waals surface area contributed by atoms with Crippen LogP contribution in [0.5, 0.6) is 0 Å². The lowest BCUT2D eigenvalue weighted by atomic mass is 10.0. The van der Waals surface area contributed by atoms with E-state index in [0.29, 0.717) is 25.6 Å². The number of rotatable bonds is 12. The summed E-state index contributed by atoms with van der Waals surface area (Å²) in [4.78, 5) is 10.8. The molecule has 0 fully saturated rings. The van der Waals surface area contributed by atoms with Crippen molar-refractivity contribution in [3.05, 3.63) is 0 Å². The quantitative estimate of drug-likeness (QED) is 0.548. The van der Waals surface area contributed by atoms with Crippen LogP contribution in [0, 0.1) is 5.92 Å². The number of unbranched alkanes of at least 4 members (excludes halogenated alkanes) is 1. The molecule has 0 heterocycles. The van der Waals surface area contributed by atoms with Crippen LogP contribution in [-0.2, 0) is 14.3 Å². The highest BCUT2D eigenvalue weighted by Gasteiger charge is 2.17. The van der Waals surface area contributed by atoms with Crippen molar-refractivity contribution < 1.29 is 19.4 Å². The Morgan fingerprint density at radius 1 is 1.22 bits per heavy atom. The van der Waals surface area contributed by atoms with Crippen molar-refractivity contribution in [3.63, 3.8) is 0 Å². The summed E-state index contributed by atoms with van der Waals surface area (Å²) in [7, 11) is 0. The number of hydrogen-bond acceptors (Lipinski definition) is 3. The van der Waals surface area contributed by atoms with E-state index < -0.39 is 12.1 Å². The molecule has 0 aliphatic carbocycles. The van der Waals surface area contributed by atoms with Gasteiger partial charge in [0.2, 0.25) is 0 Å². The molecule has 1 N–H and O–H groups in total. The van der Waals surface area contributed by atoms with Crippen molar-refractivity contribution in [2.45, 2.75) is 59.0 Å². The summed E-state index contributed by atoms with van der Waals surface area (Å²) in [5.41, 5.74) is 0. The maximum Gasteiger partial charge on any atom is 0.332 e. The molecule has 18 heavy (non-hydrogen) atoms. The average Bonchev–Trinajstić information content (AvgIpc) is 2.36. The monoisotopic (exact) mass is 260 g/mol. The molecule has 2 unspecified atom stereocenters. The number of ether oxygens (including phenoxy) is 2. The lowest BCUT2D eigenvalue weighted by molar-refractivity contribution is -0.151. The molecule has 0 aliphatic heterocycles. The zero-order valence-corrected chi connectivity index (χ0v) is 12.0. The van der Waals surface area contributed by atoms with Crippen molar-refractivity contribution in [3.8, 4) is 0 Å². The van der Waals surface area contributed by atoms with Crippen LogP contribution in [0.4, 0.5) is 0 Å². The van der Waals surface area contributed by atoms with Gasteiger partial charge in [-0.05, 0) is 19.3 Å². The summed E-state index contributed by atoms with van der Waals surface area (Å²) >= 11 is 0. The fourth-order valence-electron chi connectivity index (χ4n) is 1.82. The minimum absolute atomic E-state index is 0.422. The number of carbonyl (C=O) groups is 1. The van der Waals surface area contributed by atoms with Gasteiger partial charge < -0.3 is 14.6 Å². The zero-order chi connectivity index (χ0) is 13.8. The Bertz CT molecular complexity index is 206. The third-order valence-electron chi connectivity index (χ3n) is 3.06. The number of hydrogen-bond donors (Lipinski definition) is 1. The van der Waals surface area contributed by atoms with E-state index in [9.17, 15) is 4.79 Å². The normalized spacial score (nSPS) is 14.4. The van der Waals surface area contributed by atoms with E-state index in [1.54, 1.807) is 6.92 Å². The molecular formula is C14H28O4. The Balaban J connectivity index is 3.71. The van der Waals surface area contributed by atoms with Crippen LogP contribution in [0.1, 0.15) is 52.9 Å². The van der Waals surface area contributed by atoms with E-state index >= 15 is 0 Å². The predicted molar refractivity (Wildman–Crippen MR) is 71.8 cm³/mol. The van der Waals surface area contributed by atoms with Crippen LogP contribution in [0.2, 0.25) is 0 Å². The van der Waals surface area contributed by atoms with E-state index in [4.69, 9.17) is 14.6 Å². The van der Waals surface area contributed by atoms with Gasteiger partial charge >= 0.3 is 5.97 Å². The van der Waals surface area contributed by atoms with E-state index in [-0.39, 0.29) is 0 Å². The fourth-order valence-corrected chi connectivity index (χ4v) is 1.82. The molecular weight excluding hydrogens is 232 g/mol. The first-order valence-electron chi connectivity index (χ1n) is 7.07. The lowest BCUT2D eigenvalue weighted by Gasteiger charge is -2.16. The third-order valence-corrected chi connectivity index (χ3v) is 3.06. The van der Waals surface area contributed by atoms with E-state index in [0.717, 1.165) is 13.0 Å². The second-order valence-corrected chi connectivity index (χ2v) is 4.56. The predicted octanol–water partition coefficient (Wildman–Crippen LogP) is 3.10. The summed E-state index contributed by atoms with van der Waals surface area (Å²) in [6.07, 6.45) is 4.45. The van der Waals surface area contributed by atoms with Crippen LogP contribution < -0.4 is 0 Å². The lowest BCUT2D eigenvalue weighted by Crippen LogP contribution is -2.26. The van der Waals surface area contributed by atoms with E-state index in [1.165, 1.54) is 19.3 Å². The average molecular weight is 260 g/mol. The van der Waals surface area contributed by atoms with Gasteiger partial charge in [-0.3, -0.25) is 0 Å². The summed E-state index contributed by atoms with van der Waals surface area (Å²) in [6, 6.07) is 0. The molecule has 4 nitrogen and oxygen atoms in total. The number of carboxylic acid groups (broad SMARTS) is 1. The maximum absolute atomic E-state index is 10.8. The zero-order valence-electron chi connectivity index (χ0n) is 12.0. The molecule has 0 saturated heterocycles. The summed E-state index contributed by atoms with van der Waals surface area (Å²) < 4.78 is 10.7. The number of carboxylic acids is 1. The molecule has 0 radical (unpaired) electrons. The Morgan fingerprint density at radius 2 is 1.94 bits per heavy atom. The molecule has 0 amide bonds. The topological polar surface area (TPSA) is 55.8 Å². The van der Waals surface area contributed by atoms with Gasteiger partial charge in [0.1, 0.15) is 0 Å². The highest BCUT2D eigenvalue weighted by Crippen LogP contribution is 2.13.